The third-order valence-electron chi connectivity index (χ3n) is 3.36. The molecule has 3 aromatic rings. The molecule has 1 heterocycles. The summed E-state index contributed by atoms with van der Waals surface area (Å²) in [5.74, 6) is 0. The summed E-state index contributed by atoms with van der Waals surface area (Å²) in [4.78, 5) is 0. The van der Waals surface area contributed by atoms with Crippen LogP contribution in [0.2, 0.25) is 10.0 Å². The maximum atomic E-state index is 6.18. The first-order valence-corrected chi connectivity index (χ1v) is 9.26. The number of nitrogens with zero attached hydrogens (tertiary/aromatic N) is 2. The average Bonchev–Trinajstić information content (AvgIpc) is 2.99. The van der Waals surface area contributed by atoms with Gasteiger partial charge in [0.05, 0.1) is 29.1 Å². The van der Waals surface area contributed by atoms with E-state index in [1.807, 2.05) is 42.6 Å². The quantitative estimate of drug-likeness (QED) is 0.487. The molecule has 0 saturated heterocycles. The summed E-state index contributed by atoms with van der Waals surface area (Å²) in [6.45, 7) is 0.583. The smallest absolute Gasteiger partial charge is 0.175 e. The molecule has 3 rings (SSSR count). The van der Waals surface area contributed by atoms with Gasteiger partial charge in [-0.2, -0.15) is 5.10 Å². The molecule has 25 heavy (non-hydrogen) atoms. The molecular formula is C17H13BrCl2N4S. The lowest BCUT2D eigenvalue weighted by Crippen LogP contribution is -2.19. The van der Waals surface area contributed by atoms with Crippen molar-refractivity contribution in [3.8, 4) is 0 Å². The second kappa shape index (κ2) is 8.19. The van der Waals surface area contributed by atoms with Gasteiger partial charge in [-0.15, -0.1) is 0 Å². The predicted molar refractivity (Wildman–Crippen MR) is 112 cm³/mol. The van der Waals surface area contributed by atoms with Crippen molar-refractivity contribution in [2.75, 3.05) is 10.6 Å². The van der Waals surface area contributed by atoms with Gasteiger partial charge >= 0.3 is 0 Å². The molecular weight excluding hydrogens is 443 g/mol. The van der Waals surface area contributed by atoms with E-state index in [0.717, 1.165) is 26.4 Å². The number of hydrogen-bond acceptors (Lipinski definition) is 2. The highest BCUT2D eigenvalue weighted by atomic mass is 79.9. The van der Waals surface area contributed by atoms with Crippen molar-refractivity contribution in [2.24, 2.45) is 0 Å². The number of nitrogens with one attached hydrogen (secondary N) is 2. The fraction of sp³-hybridized carbons (Fsp3) is 0.0588. The van der Waals surface area contributed by atoms with Crippen LogP contribution in [0.1, 0.15) is 5.56 Å². The predicted octanol–water partition coefficient (Wildman–Crippen LogP) is 5.81. The largest absolute Gasteiger partial charge is 0.331 e. The van der Waals surface area contributed by atoms with Crippen LogP contribution < -0.4 is 10.6 Å². The average molecular weight is 456 g/mol. The highest BCUT2D eigenvalue weighted by Crippen LogP contribution is 2.25. The molecule has 0 saturated carbocycles. The molecule has 128 valence electrons. The van der Waals surface area contributed by atoms with E-state index in [9.17, 15) is 0 Å². The van der Waals surface area contributed by atoms with E-state index >= 15 is 0 Å². The Hall–Kier alpha value is -1.60. The molecule has 0 atom stereocenters. The van der Waals surface area contributed by atoms with E-state index in [0.29, 0.717) is 16.7 Å². The molecule has 0 amide bonds. The van der Waals surface area contributed by atoms with Gasteiger partial charge in [0.15, 0.2) is 5.11 Å². The first-order valence-electron chi connectivity index (χ1n) is 7.30. The summed E-state index contributed by atoms with van der Waals surface area (Å²) in [7, 11) is 0. The van der Waals surface area contributed by atoms with E-state index in [4.69, 9.17) is 35.4 Å². The molecule has 4 nitrogen and oxygen atoms in total. The molecule has 8 heteroatoms. The Morgan fingerprint density at radius 2 is 1.92 bits per heavy atom. The maximum absolute atomic E-state index is 6.18. The van der Waals surface area contributed by atoms with Crippen LogP contribution in [0.3, 0.4) is 0 Å². The van der Waals surface area contributed by atoms with Gasteiger partial charge in [0.25, 0.3) is 0 Å². The zero-order valence-electron chi connectivity index (χ0n) is 12.8. The van der Waals surface area contributed by atoms with Gasteiger partial charge in [0.1, 0.15) is 0 Å². The number of anilines is 2. The third kappa shape index (κ3) is 4.95. The normalized spacial score (nSPS) is 10.5. The lowest BCUT2D eigenvalue weighted by molar-refractivity contribution is 0.687. The summed E-state index contributed by atoms with van der Waals surface area (Å²) >= 11 is 21.0. The number of halogens is 3. The van der Waals surface area contributed by atoms with Gasteiger partial charge in [-0.05, 0) is 42.0 Å². The molecule has 0 aliphatic carbocycles. The first kappa shape index (κ1) is 18.2. The topological polar surface area (TPSA) is 41.9 Å². The Morgan fingerprint density at radius 1 is 1.12 bits per heavy atom. The van der Waals surface area contributed by atoms with Crippen LogP contribution in [0.15, 0.2) is 59.3 Å². The van der Waals surface area contributed by atoms with E-state index in [-0.39, 0.29) is 0 Å². The van der Waals surface area contributed by atoms with Crippen LogP contribution in [0.4, 0.5) is 11.4 Å². The van der Waals surface area contributed by atoms with Crippen LogP contribution >= 0.6 is 51.3 Å². The second-order valence-electron chi connectivity index (χ2n) is 5.22. The van der Waals surface area contributed by atoms with Gasteiger partial charge < -0.3 is 10.6 Å². The SMILES string of the molecule is S=C(Nc1cnn(Cc2ccccc2Cl)c1)Nc1ccc(Br)cc1Cl. The first-order chi connectivity index (χ1) is 12.0. The molecule has 0 aliphatic rings. The summed E-state index contributed by atoms with van der Waals surface area (Å²) in [6, 6.07) is 13.2. The zero-order valence-corrected chi connectivity index (χ0v) is 16.8. The van der Waals surface area contributed by atoms with Crippen molar-refractivity contribution in [3.05, 3.63) is 74.9 Å². The van der Waals surface area contributed by atoms with Crippen molar-refractivity contribution in [1.29, 1.82) is 0 Å². The van der Waals surface area contributed by atoms with Gasteiger partial charge in [0, 0.05) is 15.7 Å². The van der Waals surface area contributed by atoms with Gasteiger partial charge in [-0.25, -0.2) is 0 Å². The highest BCUT2D eigenvalue weighted by Gasteiger charge is 2.06. The van der Waals surface area contributed by atoms with Crippen LogP contribution in [-0.4, -0.2) is 14.9 Å². The van der Waals surface area contributed by atoms with Crippen molar-refractivity contribution in [2.45, 2.75) is 6.54 Å². The van der Waals surface area contributed by atoms with E-state index in [1.165, 1.54) is 0 Å². The van der Waals surface area contributed by atoms with Crippen molar-refractivity contribution >= 4 is 67.8 Å². The standard InChI is InChI=1S/C17H13BrCl2N4S/c18-12-5-6-16(15(20)7-12)23-17(25)22-13-8-21-24(10-13)9-11-3-1-2-4-14(11)19/h1-8,10H,9H2,(H2,22,23,25). The van der Waals surface area contributed by atoms with Gasteiger partial charge in [0.2, 0.25) is 0 Å². The Balaban J connectivity index is 1.63. The van der Waals surface area contributed by atoms with Gasteiger partial charge in [-0.1, -0.05) is 57.3 Å². The Bertz CT molecular complexity index is 913. The van der Waals surface area contributed by atoms with Crippen molar-refractivity contribution < 1.29 is 0 Å². The highest BCUT2D eigenvalue weighted by molar-refractivity contribution is 9.10. The molecule has 1 aromatic heterocycles. The van der Waals surface area contributed by atoms with E-state index in [2.05, 4.69) is 31.7 Å². The lowest BCUT2D eigenvalue weighted by atomic mass is 10.2. The number of rotatable bonds is 4. The minimum Gasteiger partial charge on any atom is -0.331 e. The van der Waals surface area contributed by atoms with Crippen LogP contribution in [0.5, 0.6) is 0 Å². The summed E-state index contributed by atoms with van der Waals surface area (Å²) in [5, 5.41) is 12.2. The molecule has 2 aromatic carbocycles. The number of benzene rings is 2. The lowest BCUT2D eigenvalue weighted by Gasteiger charge is -2.10. The Kier molecular flexibility index (Phi) is 5.96. The monoisotopic (exact) mass is 454 g/mol. The molecule has 2 N–H and O–H groups in total. The Labute approximate surface area is 169 Å². The fourth-order valence-corrected chi connectivity index (χ4v) is 3.34. The Morgan fingerprint density at radius 3 is 2.68 bits per heavy atom. The summed E-state index contributed by atoms with van der Waals surface area (Å²) in [5.41, 5.74) is 2.50. The third-order valence-corrected chi connectivity index (χ3v) is 4.74. The zero-order chi connectivity index (χ0) is 17.8. The number of aromatic nitrogens is 2. The molecule has 0 spiro atoms. The van der Waals surface area contributed by atoms with Crippen LogP contribution in [0.25, 0.3) is 0 Å². The molecule has 0 bridgehead atoms. The van der Waals surface area contributed by atoms with E-state index < -0.39 is 0 Å². The molecule has 0 fully saturated rings. The van der Waals surface area contributed by atoms with Gasteiger partial charge in [-0.3, -0.25) is 4.68 Å². The summed E-state index contributed by atoms with van der Waals surface area (Å²) < 4.78 is 2.70. The number of hydrogen-bond donors (Lipinski definition) is 2. The van der Waals surface area contributed by atoms with E-state index in [1.54, 1.807) is 16.9 Å². The maximum Gasteiger partial charge on any atom is 0.175 e. The minimum absolute atomic E-state index is 0.432. The number of thiocarbonyl (C=S) groups is 1. The van der Waals surface area contributed by atoms with Crippen LogP contribution in [-0.2, 0) is 6.54 Å². The molecule has 0 radical (unpaired) electrons. The second-order valence-corrected chi connectivity index (χ2v) is 7.36. The molecule has 0 unspecified atom stereocenters. The molecule has 0 aliphatic heterocycles. The van der Waals surface area contributed by atoms with Crippen molar-refractivity contribution in [1.82, 2.24) is 9.78 Å². The van der Waals surface area contributed by atoms with Crippen molar-refractivity contribution in [3.63, 3.8) is 0 Å². The fourth-order valence-electron chi connectivity index (χ4n) is 2.19. The summed E-state index contributed by atoms with van der Waals surface area (Å²) in [6.07, 6.45) is 3.56. The minimum atomic E-state index is 0.432. The van der Waals surface area contributed by atoms with Crippen LogP contribution in [0, 0.1) is 0 Å².